The van der Waals surface area contributed by atoms with Gasteiger partial charge in [0, 0.05) is 6.04 Å². The Morgan fingerprint density at radius 2 is 1.95 bits per heavy atom. The third-order valence-corrected chi connectivity index (χ3v) is 3.38. The van der Waals surface area contributed by atoms with E-state index in [1.165, 1.54) is 0 Å². The normalized spacial score (nSPS) is 18.7. The Hall–Kier alpha value is -1.91. The molecule has 1 atom stereocenters. The van der Waals surface area contributed by atoms with Crippen LogP contribution in [0.3, 0.4) is 0 Å². The van der Waals surface area contributed by atoms with Crippen molar-refractivity contribution in [3.63, 3.8) is 0 Å². The molecule has 2 rings (SSSR count). The lowest BCUT2D eigenvalue weighted by atomic mass is 10.0. The van der Waals surface area contributed by atoms with Gasteiger partial charge in [0.05, 0.1) is 26.8 Å². The molecule has 0 amide bonds. The minimum absolute atomic E-state index is 0.166. The van der Waals surface area contributed by atoms with Gasteiger partial charge in [-0.25, -0.2) is 0 Å². The van der Waals surface area contributed by atoms with Gasteiger partial charge in [0.1, 0.15) is 0 Å². The van der Waals surface area contributed by atoms with Crippen LogP contribution in [0.1, 0.15) is 25.5 Å². The molecule has 1 unspecified atom stereocenters. The van der Waals surface area contributed by atoms with Gasteiger partial charge in [-0.15, -0.1) is 0 Å². The average molecular weight is 263 g/mol. The van der Waals surface area contributed by atoms with Gasteiger partial charge < -0.3 is 20.1 Å². The Morgan fingerprint density at radius 1 is 1.26 bits per heavy atom. The smallest absolute Gasteiger partial charge is 0.192 e. The van der Waals surface area contributed by atoms with Crippen molar-refractivity contribution >= 4 is 5.96 Å². The summed E-state index contributed by atoms with van der Waals surface area (Å²) in [7, 11) is 3.27. The number of hydrogen-bond acceptors (Lipinski definition) is 5. The zero-order valence-corrected chi connectivity index (χ0v) is 11.9. The molecule has 19 heavy (non-hydrogen) atoms. The van der Waals surface area contributed by atoms with Crippen LogP contribution in [0.4, 0.5) is 0 Å². The maximum atomic E-state index is 5.95. The molecule has 0 fully saturated rings. The number of ether oxygens (including phenoxy) is 2. The third kappa shape index (κ3) is 2.45. The van der Waals surface area contributed by atoms with E-state index in [4.69, 9.17) is 15.2 Å². The molecule has 0 saturated carbocycles. The van der Waals surface area contributed by atoms with Crippen LogP contribution >= 0.6 is 0 Å². The SMILES string of the molecule is COc1ccc(C2CN=C(N)N2C(C)C)cc1OC. The number of guanidine groups is 1. The van der Waals surface area contributed by atoms with Crippen LogP contribution in [-0.2, 0) is 0 Å². The Bertz CT molecular complexity index is 486. The van der Waals surface area contributed by atoms with Gasteiger partial charge in [-0.3, -0.25) is 4.99 Å². The van der Waals surface area contributed by atoms with Crippen LogP contribution in [0, 0.1) is 0 Å². The van der Waals surface area contributed by atoms with Gasteiger partial charge in [-0.1, -0.05) is 6.07 Å². The van der Waals surface area contributed by atoms with E-state index in [2.05, 4.69) is 23.7 Å². The fourth-order valence-electron chi connectivity index (χ4n) is 2.46. The maximum Gasteiger partial charge on any atom is 0.192 e. The summed E-state index contributed by atoms with van der Waals surface area (Å²) in [5, 5.41) is 0. The van der Waals surface area contributed by atoms with Crippen LogP contribution < -0.4 is 15.2 Å². The minimum Gasteiger partial charge on any atom is -0.493 e. The summed E-state index contributed by atoms with van der Waals surface area (Å²) in [6.45, 7) is 4.91. The van der Waals surface area contributed by atoms with Crippen molar-refractivity contribution in [2.45, 2.75) is 25.9 Å². The van der Waals surface area contributed by atoms with Gasteiger partial charge >= 0.3 is 0 Å². The highest BCUT2D eigenvalue weighted by atomic mass is 16.5. The fourth-order valence-corrected chi connectivity index (χ4v) is 2.46. The number of nitrogens with zero attached hydrogens (tertiary/aromatic N) is 2. The molecule has 1 aliphatic heterocycles. The van der Waals surface area contributed by atoms with E-state index in [1.54, 1.807) is 14.2 Å². The highest BCUT2D eigenvalue weighted by Gasteiger charge is 2.29. The zero-order chi connectivity index (χ0) is 14.0. The lowest BCUT2D eigenvalue weighted by Gasteiger charge is -2.30. The van der Waals surface area contributed by atoms with Gasteiger partial charge in [0.2, 0.25) is 0 Å². The molecular formula is C14H21N3O2. The first kappa shape index (κ1) is 13.5. The molecule has 1 aliphatic rings. The average Bonchev–Trinajstić information content (AvgIpc) is 2.79. The van der Waals surface area contributed by atoms with E-state index in [9.17, 15) is 0 Å². The molecule has 0 spiro atoms. The summed E-state index contributed by atoms with van der Waals surface area (Å²) >= 11 is 0. The van der Waals surface area contributed by atoms with Crippen molar-refractivity contribution in [2.75, 3.05) is 20.8 Å². The zero-order valence-electron chi connectivity index (χ0n) is 11.9. The van der Waals surface area contributed by atoms with Gasteiger partial charge in [0.15, 0.2) is 17.5 Å². The number of benzene rings is 1. The van der Waals surface area contributed by atoms with Crippen LogP contribution in [0.25, 0.3) is 0 Å². The second kappa shape index (κ2) is 5.38. The number of aliphatic imine (C=N–C) groups is 1. The van der Waals surface area contributed by atoms with E-state index in [1.807, 2.05) is 18.2 Å². The van der Waals surface area contributed by atoms with Crippen molar-refractivity contribution in [3.8, 4) is 11.5 Å². The molecule has 5 nitrogen and oxygen atoms in total. The van der Waals surface area contributed by atoms with Crippen molar-refractivity contribution in [1.82, 2.24) is 4.90 Å². The Morgan fingerprint density at radius 3 is 2.53 bits per heavy atom. The molecule has 0 aliphatic carbocycles. The summed E-state index contributed by atoms with van der Waals surface area (Å²) in [6.07, 6.45) is 0. The first-order valence-electron chi connectivity index (χ1n) is 6.38. The standard InChI is InChI=1S/C14H21N3O2/c1-9(2)17-11(8-16-14(17)15)10-5-6-12(18-3)13(7-10)19-4/h5-7,9,11H,8H2,1-4H3,(H2,15,16). The second-order valence-electron chi connectivity index (χ2n) is 4.83. The predicted molar refractivity (Wildman–Crippen MR) is 75.8 cm³/mol. The van der Waals surface area contributed by atoms with E-state index in [0.29, 0.717) is 18.5 Å². The summed E-state index contributed by atoms with van der Waals surface area (Å²) in [5.74, 6) is 2.07. The molecule has 0 radical (unpaired) electrons. The topological polar surface area (TPSA) is 60.1 Å². The molecule has 104 valence electrons. The van der Waals surface area contributed by atoms with Crippen LogP contribution in [0.5, 0.6) is 11.5 Å². The van der Waals surface area contributed by atoms with Gasteiger partial charge in [0.25, 0.3) is 0 Å². The van der Waals surface area contributed by atoms with Crippen molar-refractivity contribution in [2.24, 2.45) is 10.7 Å². The van der Waals surface area contributed by atoms with E-state index < -0.39 is 0 Å². The van der Waals surface area contributed by atoms with E-state index in [0.717, 1.165) is 17.1 Å². The lowest BCUT2D eigenvalue weighted by molar-refractivity contribution is 0.288. The monoisotopic (exact) mass is 263 g/mol. The second-order valence-corrected chi connectivity index (χ2v) is 4.83. The first-order valence-corrected chi connectivity index (χ1v) is 6.38. The van der Waals surface area contributed by atoms with Crippen molar-refractivity contribution in [3.05, 3.63) is 23.8 Å². The molecular weight excluding hydrogens is 242 g/mol. The van der Waals surface area contributed by atoms with Crippen LogP contribution in [0.15, 0.2) is 23.2 Å². The molecule has 5 heteroatoms. The summed E-state index contributed by atoms with van der Waals surface area (Å²) < 4.78 is 10.6. The fraction of sp³-hybridized carbons (Fsp3) is 0.500. The van der Waals surface area contributed by atoms with Crippen molar-refractivity contribution in [1.29, 1.82) is 0 Å². The Balaban J connectivity index is 2.32. The number of nitrogens with two attached hydrogens (primary N) is 1. The largest absolute Gasteiger partial charge is 0.493 e. The van der Waals surface area contributed by atoms with E-state index in [-0.39, 0.29) is 6.04 Å². The molecule has 0 aromatic heterocycles. The molecule has 1 heterocycles. The Kier molecular flexibility index (Phi) is 3.83. The van der Waals surface area contributed by atoms with Crippen LogP contribution in [-0.4, -0.2) is 37.7 Å². The molecule has 0 saturated heterocycles. The summed E-state index contributed by atoms with van der Waals surface area (Å²) in [5.41, 5.74) is 7.09. The number of rotatable bonds is 4. The van der Waals surface area contributed by atoms with Gasteiger partial charge in [-0.2, -0.15) is 0 Å². The molecule has 0 bridgehead atoms. The molecule has 1 aromatic carbocycles. The number of methoxy groups -OCH3 is 2. The predicted octanol–water partition coefficient (Wildman–Crippen LogP) is 1.78. The third-order valence-electron chi connectivity index (χ3n) is 3.38. The Labute approximate surface area is 114 Å². The highest BCUT2D eigenvalue weighted by molar-refractivity contribution is 5.80. The number of hydrogen-bond donors (Lipinski definition) is 1. The molecule has 2 N–H and O–H groups in total. The van der Waals surface area contributed by atoms with Crippen molar-refractivity contribution < 1.29 is 9.47 Å². The van der Waals surface area contributed by atoms with Crippen LogP contribution in [0.2, 0.25) is 0 Å². The van der Waals surface area contributed by atoms with E-state index >= 15 is 0 Å². The van der Waals surface area contributed by atoms with Gasteiger partial charge in [-0.05, 0) is 31.5 Å². The first-order chi connectivity index (χ1) is 9.08. The minimum atomic E-state index is 0.166. The summed E-state index contributed by atoms with van der Waals surface area (Å²) in [4.78, 5) is 6.47. The maximum absolute atomic E-state index is 5.95. The summed E-state index contributed by atoms with van der Waals surface area (Å²) in [6, 6.07) is 6.42. The lowest BCUT2D eigenvalue weighted by Crippen LogP contribution is -2.40. The quantitative estimate of drug-likeness (QED) is 0.899. The highest BCUT2D eigenvalue weighted by Crippen LogP contribution is 2.34. The molecule has 1 aromatic rings.